The number of benzene rings is 1. The molecule has 1 aliphatic heterocycles. The lowest BCUT2D eigenvalue weighted by atomic mass is 10.0. The van der Waals surface area contributed by atoms with Gasteiger partial charge in [-0.1, -0.05) is 12.1 Å². The molecule has 2 heterocycles. The molecule has 0 amide bonds. The van der Waals surface area contributed by atoms with Crippen molar-refractivity contribution in [3.05, 3.63) is 30.1 Å². The molecule has 3 rings (SSSR count). The Morgan fingerprint density at radius 2 is 2.18 bits per heavy atom. The molecule has 1 fully saturated rings. The molecular formula is C17H24N4O. The molecule has 0 bridgehead atoms. The highest BCUT2D eigenvalue weighted by Gasteiger charge is 2.14. The van der Waals surface area contributed by atoms with Gasteiger partial charge in [-0.15, -0.1) is 0 Å². The van der Waals surface area contributed by atoms with Crippen LogP contribution >= 0.6 is 0 Å². The van der Waals surface area contributed by atoms with Gasteiger partial charge in [0.1, 0.15) is 11.6 Å². The molecule has 5 heteroatoms. The van der Waals surface area contributed by atoms with E-state index in [1.165, 1.54) is 12.8 Å². The fourth-order valence-corrected chi connectivity index (χ4v) is 2.91. The second kappa shape index (κ2) is 7.51. The first-order valence-corrected chi connectivity index (χ1v) is 8.14. The first-order chi connectivity index (χ1) is 10.9. The Morgan fingerprint density at radius 3 is 3.00 bits per heavy atom. The Labute approximate surface area is 131 Å². The van der Waals surface area contributed by atoms with E-state index in [1.54, 1.807) is 0 Å². The maximum Gasteiger partial charge on any atom is 0.137 e. The maximum atomic E-state index is 5.63. The van der Waals surface area contributed by atoms with E-state index in [0.29, 0.717) is 13.0 Å². The molecule has 2 aromatic rings. The number of para-hydroxylation sites is 1. The molecular weight excluding hydrogens is 276 g/mol. The fraction of sp³-hybridized carbons (Fsp3) is 0.529. The Morgan fingerprint density at radius 1 is 1.27 bits per heavy atom. The van der Waals surface area contributed by atoms with Crippen LogP contribution in [0.25, 0.3) is 10.9 Å². The number of hydrogen-bond donors (Lipinski definition) is 2. The third kappa shape index (κ3) is 3.72. The molecule has 0 saturated carbocycles. The van der Waals surface area contributed by atoms with Gasteiger partial charge >= 0.3 is 0 Å². The van der Waals surface area contributed by atoms with Gasteiger partial charge in [-0.3, -0.25) is 0 Å². The highest BCUT2D eigenvalue weighted by atomic mass is 16.5. The standard InChI is InChI=1S/C17H24N4O/c18-9-7-16-20-15-6-2-1-5-14(15)17(21-16)19-10-3-4-13-8-11-22-12-13/h1-2,5-6,13H,3-4,7-12,18H2,(H,19,20,21)/t13-/m0/s1. The Balaban J connectivity index is 1.65. The van der Waals surface area contributed by atoms with Crippen LogP contribution in [0.1, 0.15) is 25.1 Å². The SMILES string of the molecule is NCCc1nc(NCCC[C@H]2CCOC2)c2ccccc2n1. The average molecular weight is 300 g/mol. The predicted molar refractivity (Wildman–Crippen MR) is 88.9 cm³/mol. The van der Waals surface area contributed by atoms with Crippen molar-refractivity contribution in [2.24, 2.45) is 11.7 Å². The van der Waals surface area contributed by atoms with Crippen LogP contribution < -0.4 is 11.1 Å². The van der Waals surface area contributed by atoms with Gasteiger partial charge in [0, 0.05) is 31.6 Å². The van der Waals surface area contributed by atoms with E-state index in [-0.39, 0.29) is 0 Å². The molecule has 1 aromatic carbocycles. The average Bonchev–Trinajstić information content (AvgIpc) is 3.05. The molecule has 1 atom stereocenters. The van der Waals surface area contributed by atoms with Gasteiger partial charge in [0.15, 0.2) is 0 Å². The summed E-state index contributed by atoms with van der Waals surface area (Å²) in [5, 5.41) is 4.55. The highest BCUT2D eigenvalue weighted by molar-refractivity contribution is 5.88. The third-order valence-electron chi connectivity index (χ3n) is 4.12. The lowest BCUT2D eigenvalue weighted by Gasteiger charge is -2.12. The van der Waals surface area contributed by atoms with E-state index < -0.39 is 0 Å². The summed E-state index contributed by atoms with van der Waals surface area (Å²) in [5.41, 5.74) is 6.61. The van der Waals surface area contributed by atoms with Crippen LogP contribution in [0.5, 0.6) is 0 Å². The van der Waals surface area contributed by atoms with Crippen LogP contribution in [0, 0.1) is 5.92 Å². The quantitative estimate of drug-likeness (QED) is 0.768. The van der Waals surface area contributed by atoms with Crippen LogP contribution in [0.3, 0.4) is 0 Å². The van der Waals surface area contributed by atoms with E-state index in [1.807, 2.05) is 18.2 Å². The van der Waals surface area contributed by atoms with Crippen LogP contribution in [0.4, 0.5) is 5.82 Å². The lowest BCUT2D eigenvalue weighted by molar-refractivity contribution is 0.184. The molecule has 0 aliphatic carbocycles. The summed E-state index contributed by atoms with van der Waals surface area (Å²) in [6, 6.07) is 8.12. The molecule has 118 valence electrons. The molecule has 5 nitrogen and oxygen atoms in total. The van der Waals surface area contributed by atoms with Crippen molar-refractivity contribution in [2.45, 2.75) is 25.7 Å². The maximum absolute atomic E-state index is 5.63. The van der Waals surface area contributed by atoms with Crippen molar-refractivity contribution >= 4 is 16.7 Å². The molecule has 0 radical (unpaired) electrons. The van der Waals surface area contributed by atoms with Crippen molar-refractivity contribution in [2.75, 3.05) is 31.6 Å². The van der Waals surface area contributed by atoms with Crippen LogP contribution in [0.2, 0.25) is 0 Å². The van der Waals surface area contributed by atoms with E-state index >= 15 is 0 Å². The van der Waals surface area contributed by atoms with Gasteiger partial charge in [0.25, 0.3) is 0 Å². The second-order valence-electron chi connectivity index (χ2n) is 5.84. The zero-order valence-corrected chi connectivity index (χ0v) is 12.9. The number of fused-ring (bicyclic) bond motifs is 1. The molecule has 1 saturated heterocycles. The Bertz CT molecular complexity index is 611. The number of rotatable bonds is 7. The summed E-state index contributed by atoms with van der Waals surface area (Å²) in [6.45, 7) is 3.35. The van der Waals surface area contributed by atoms with Crippen molar-refractivity contribution in [3.63, 3.8) is 0 Å². The predicted octanol–water partition coefficient (Wildman–Crippen LogP) is 2.36. The van der Waals surface area contributed by atoms with Crippen molar-refractivity contribution in [3.8, 4) is 0 Å². The summed E-state index contributed by atoms with van der Waals surface area (Å²) < 4.78 is 5.42. The van der Waals surface area contributed by atoms with E-state index in [4.69, 9.17) is 10.5 Å². The first-order valence-electron chi connectivity index (χ1n) is 8.14. The Kier molecular flexibility index (Phi) is 5.19. The topological polar surface area (TPSA) is 73.1 Å². The smallest absolute Gasteiger partial charge is 0.137 e. The summed E-state index contributed by atoms with van der Waals surface area (Å²) in [5.74, 6) is 2.47. The second-order valence-corrected chi connectivity index (χ2v) is 5.84. The van der Waals surface area contributed by atoms with Crippen LogP contribution in [-0.2, 0) is 11.2 Å². The zero-order valence-electron chi connectivity index (χ0n) is 12.9. The van der Waals surface area contributed by atoms with Gasteiger partial charge in [-0.25, -0.2) is 9.97 Å². The fourth-order valence-electron chi connectivity index (χ4n) is 2.91. The molecule has 1 aromatic heterocycles. The third-order valence-corrected chi connectivity index (χ3v) is 4.12. The van der Waals surface area contributed by atoms with Gasteiger partial charge in [-0.05, 0) is 43.9 Å². The minimum absolute atomic E-state index is 0.569. The first kappa shape index (κ1) is 15.2. The van der Waals surface area contributed by atoms with E-state index in [0.717, 1.165) is 54.6 Å². The van der Waals surface area contributed by atoms with Crippen LogP contribution in [0.15, 0.2) is 24.3 Å². The number of anilines is 1. The highest BCUT2D eigenvalue weighted by Crippen LogP contribution is 2.21. The number of aromatic nitrogens is 2. The summed E-state index contributed by atoms with van der Waals surface area (Å²) in [4.78, 5) is 9.20. The zero-order chi connectivity index (χ0) is 15.2. The summed E-state index contributed by atoms with van der Waals surface area (Å²) >= 11 is 0. The number of nitrogens with zero attached hydrogens (tertiary/aromatic N) is 2. The van der Waals surface area contributed by atoms with Crippen molar-refractivity contribution in [1.82, 2.24) is 9.97 Å². The normalized spacial score (nSPS) is 18.0. The molecule has 0 unspecified atom stereocenters. The van der Waals surface area contributed by atoms with E-state index in [9.17, 15) is 0 Å². The number of ether oxygens (including phenoxy) is 1. The Hall–Kier alpha value is -1.72. The van der Waals surface area contributed by atoms with Gasteiger partial charge < -0.3 is 15.8 Å². The van der Waals surface area contributed by atoms with Gasteiger partial charge in [-0.2, -0.15) is 0 Å². The molecule has 22 heavy (non-hydrogen) atoms. The monoisotopic (exact) mass is 300 g/mol. The summed E-state index contributed by atoms with van der Waals surface area (Å²) in [7, 11) is 0. The largest absolute Gasteiger partial charge is 0.381 e. The number of nitrogens with two attached hydrogens (primary N) is 1. The number of hydrogen-bond acceptors (Lipinski definition) is 5. The van der Waals surface area contributed by atoms with Gasteiger partial charge in [0.2, 0.25) is 0 Å². The van der Waals surface area contributed by atoms with Crippen LogP contribution in [-0.4, -0.2) is 36.3 Å². The number of nitrogens with one attached hydrogen (secondary N) is 1. The molecule has 1 aliphatic rings. The minimum Gasteiger partial charge on any atom is -0.381 e. The minimum atomic E-state index is 0.569. The molecule has 0 spiro atoms. The van der Waals surface area contributed by atoms with Crippen molar-refractivity contribution < 1.29 is 4.74 Å². The summed E-state index contributed by atoms with van der Waals surface area (Å²) in [6.07, 6.45) is 4.26. The molecule has 3 N–H and O–H groups in total. The lowest BCUT2D eigenvalue weighted by Crippen LogP contribution is -2.11. The van der Waals surface area contributed by atoms with Gasteiger partial charge in [0.05, 0.1) is 5.52 Å². The van der Waals surface area contributed by atoms with Crippen molar-refractivity contribution in [1.29, 1.82) is 0 Å². The van der Waals surface area contributed by atoms with E-state index in [2.05, 4.69) is 21.4 Å².